The maximum atomic E-state index is 13.1. The fourth-order valence-electron chi connectivity index (χ4n) is 4.18. The fraction of sp³-hybridized carbons (Fsp3) is 0.385. The van der Waals surface area contributed by atoms with Crippen LogP contribution in [0.1, 0.15) is 41.4 Å². The third kappa shape index (κ3) is 4.79. The van der Waals surface area contributed by atoms with E-state index >= 15 is 0 Å². The van der Waals surface area contributed by atoms with Crippen molar-refractivity contribution in [3.63, 3.8) is 0 Å². The summed E-state index contributed by atoms with van der Waals surface area (Å²) in [6.45, 7) is 10.1. The third-order valence-corrected chi connectivity index (χ3v) is 5.99. The molecule has 0 aliphatic carbocycles. The molecule has 0 spiro atoms. The second kappa shape index (κ2) is 9.90. The Hall–Kier alpha value is -3.28. The van der Waals surface area contributed by atoms with Gasteiger partial charge in [0, 0.05) is 37.4 Å². The highest BCUT2D eigenvalue weighted by atomic mass is 16.5. The summed E-state index contributed by atoms with van der Waals surface area (Å²) in [4.78, 5) is 17.4. The van der Waals surface area contributed by atoms with Gasteiger partial charge >= 0.3 is 0 Å². The lowest BCUT2D eigenvalue weighted by atomic mass is 10.1. The summed E-state index contributed by atoms with van der Waals surface area (Å²) in [6, 6.07) is 16.2. The maximum absolute atomic E-state index is 13.1. The van der Waals surface area contributed by atoms with Crippen molar-refractivity contribution in [2.24, 2.45) is 0 Å². The summed E-state index contributed by atoms with van der Waals surface area (Å²) in [5.41, 5.74) is 5.96. The van der Waals surface area contributed by atoms with Gasteiger partial charge in [-0.15, -0.1) is 0 Å². The number of amides is 1. The van der Waals surface area contributed by atoms with E-state index in [1.807, 2.05) is 35.2 Å². The second-order valence-electron chi connectivity index (χ2n) is 8.43. The van der Waals surface area contributed by atoms with Crippen LogP contribution in [0.5, 0.6) is 5.75 Å². The van der Waals surface area contributed by atoms with E-state index in [1.54, 1.807) is 0 Å². The topological polar surface area (TPSA) is 61.5 Å². The van der Waals surface area contributed by atoms with Crippen LogP contribution in [-0.2, 0) is 0 Å². The number of para-hydroxylation sites is 1. The number of nitrogens with one attached hydrogen (secondary N) is 1. The quantitative estimate of drug-likeness (QED) is 0.543. The van der Waals surface area contributed by atoms with Gasteiger partial charge < -0.3 is 14.5 Å². The van der Waals surface area contributed by atoms with Crippen molar-refractivity contribution in [2.45, 2.75) is 33.6 Å². The molecule has 4 rings (SSSR count). The van der Waals surface area contributed by atoms with Crippen molar-refractivity contribution in [1.82, 2.24) is 15.1 Å². The lowest BCUT2D eigenvalue weighted by Gasteiger charge is -2.36. The first-order valence-corrected chi connectivity index (χ1v) is 11.5. The number of anilines is 1. The Bertz CT molecular complexity index is 1070. The zero-order valence-electron chi connectivity index (χ0n) is 19.2. The van der Waals surface area contributed by atoms with Gasteiger partial charge in [-0.2, -0.15) is 5.10 Å². The molecule has 6 heteroatoms. The minimum atomic E-state index is -0.00610. The number of unbranched alkanes of at least 4 members (excludes halogenated alkanes) is 1. The van der Waals surface area contributed by atoms with Gasteiger partial charge in [0.1, 0.15) is 11.4 Å². The number of hydrogen-bond acceptors (Lipinski definition) is 4. The number of benzene rings is 2. The molecule has 6 nitrogen and oxygen atoms in total. The van der Waals surface area contributed by atoms with E-state index < -0.39 is 0 Å². The number of nitrogens with zero attached hydrogens (tertiary/aromatic N) is 3. The average Bonchev–Trinajstić information content (AvgIpc) is 3.29. The molecular formula is C26H32N4O2. The zero-order chi connectivity index (χ0) is 22.5. The number of rotatable bonds is 7. The van der Waals surface area contributed by atoms with Gasteiger partial charge in [-0.3, -0.25) is 9.89 Å². The van der Waals surface area contributed by atoms with Crippen LogP contribution < -0.4 is 9.64 Å². The Morgan fingerprint density at radius 2 is 1.84 bits per heavy atom. The summed E-state index contributed by atoms with van der Waals surface area (Å²) in [5.74, 6) is 0.793. The fourth-order valence-corrected chi connectivity index (χ4v) is 4.18. The van der Waals surface area contributed by atoms with Gasteiger partial charge in [-0.05, 0) is 50.1 Å². The molecule has 3 aromatic rings. The normalized spacial score (nSPS) is 14.0. The number of carbonyl (C=O) groups excluding carboxylic acids is 1. The summed E-state index contributed by atoms with van der Waals surface area (Å²) in [6.07, 6.45) is 2.09. The molecular weight excluding hydrogens is 400 g/mol. The van der Waals surface area contributed by atoms with Crippen LogP contribution in [0.2, 0.25) is 0 Å². The van der Waals surface area contributed by atoms with E-state index in [-0.39, 0.29) is 5.91 Å². The van der Waals surface area contributed by atoms with Gasteiger partial charge in [-0.1, -0.05) is 43.2 Å². The minimum absolute atomic E-state index is 0.00610. The molecule has 168 valence electrons. The molecule has 0 bridgehead atoms. The van der Waals surface area contributed by atoms with Crippen molar-refractivity contribution in [1.29, 1.82) is 0 Å². The molecule has 0 unspecified atom stereocenters. The summed E-state index contributed by atoms with van der Waals surface area (Å²) in [5, 5.41) is 7.35. The molecule has 1 saturated heterocycles. The molecule has 0 saturated carbocycles. The largest absolute Gasteiger partial charge is 0.493 e. The highest BCUT2D eigenvalue weighted by molar-refractivity contribution is 5.93. The number of ether oxygens (including phenoxy) is 1. The monoisotopic (exact) mass is 432 g/mol. The lowest BCUT2D eigenvalue weighted by Crippen LogP contribution is -2.49. The number of aromatic nitrogens is 2. The van der Waals surface area contributed by atoms with Gasteiger partial charge in [-0.25, -0.2) is 0 Å². The molecule has 2 heterocycles. The molecule has 1 N–H and O–H groups in total. The highest BCUT2D eigenvalue weighted by Gasteiger charge is 2.24. The average molecular weight is 433 g/mol. The van der Waals surface area contributed by atoms with Crippen molar-refractivity contribution >= 4 is 11.6 Å². The molecule has 1 aliphatic rings. The van der Waals surface area contributed by atoms with Crippen molar-refractivity contribution in [3.05, 3.63) is 65.4 Å². The van der Waals surface area contributed by atoms with Crippen molar-refractivity contribution in [3.8, 4) is 17.0 Å². The molecule has 1 fully saturated rings. The van der Waals surface area contributed by atoms with Crippen LogP contribution in [0.25, 0.3) is 11.3 Å². The van der Waals surface area contributed by atoms with Gasteiger partial charge in [0.05, 0.1) is 12.3 Å². The van der Waals surface area contributed by atoms with Crippen LogP contribution in [-0.4, -0.2) is 53.8 Å². The number of aryl methyl sites for hydroxylation is 2. The first kappa shape index (κ1) is 21.9. The highest BCUT2D eigenvalue weighted by Crippen LogP contribution is 2.29. The third-order valence-electron chi connectivity index (χ3n) is 5.99. The Labute approximate surface area is 190 Å². The van der Waals surface area contributed by atoms with Crippen LogP contribution in [0, 0.1) is 13.8 Å². The lowest BCUT2D eigenvalue weighted by molar-refractivity contribution is 0.0741. The van der Waals surface area contributed by atoms with E-state index in [0.29, 0.717) is 25.4 Å². The molecule has 0 radical (unpaired) electrons. The zero-order valence-corrected chi connectivity index (χ0v) is 19.2. The first-order valence-electron chi connectivity index (χ1n) is 11.5. The first-order chi connectivity index (χ1) is 15.6. The van der Waals surface area contributed by atoms with Gasteiger partial charge in [0.25, 0.3) is 5.91 Å². The van der Waals surface area contributed by atoms with E-state index in [1.165, 1.54) is 16.8 Å². The summed E-state index contributed by atoms with van der Waals surface area (Å²) >= 11 is 0. The Morgan fingerprint density at radius 1 is 1.06 bits per heavy atom. The second-order valence-corrected chi connectivity index (χ2v) is 8.43. The van der Waals surface area contributed by atoms with E-state index in [2.05, 4.69) is 54.1 Å². The Morgan fingerprint density at radius 3 is 2.59 bits per heavy atom. The molecule has 1 aromatic heterocycles. The van der Waals surface area contributed by atoms with E-state index in [9.17, 15) is 4.79 Å². The van der Waals surface area contributed by atoms with Gasteiger partial charge in [0.15, 0.2) is 0 Å². The number of hydrogen-bond donors (Lipinski definition) is 1. The predicted molar refractivity (Wildman–Crippen MR) is 128 cm³/mol. The van der Waals surface area contributed by atoms with E-state index in [0.717, 1.165) is 42.9 Å². The summed E-state index contributed by atoms with van der Waals surface area (Å²) < 4.78 is 5.93. The van der Waals surface area contributed by atoms with Crippen LogP contribution in [0.4, 0.5) is 5.69 Å². The van der Waals surface area contributed by atoms with E-state index in [4.69, 9.17) is 4.74 Å². The van der Waals surface area contributed by atoms with Crippen LogP contribution >= 0.6 is 0 Å². The number of carbonyl (C=O) groups is 1. The van der Waals surface area contributed by atoms with Gasteiger partial charge in [0.2, 0.25) is 0 Å². The van der Waals surface area contributed by atoms with Crippen molar-refractivity contribution in [2.75, 3.05) is 37.7 Å². The standard InChI is InChI=1S/C26H32N4O2/c1-4-5-16-32-25-9-7-6-8-21(25)22-18-23(28-27-22)26(31)30-14-12-29(13-15-30)24-11-10-19(2)17-20(24)3/h6-11,17-18H,4-5,12-16H2,1-3H3,(H,27,28). The Balaban J connectivity index is 1.42. The number of H-pyrrole nitrogens is 1. The minimum Gasteiger partial charge on any atom is -0.493 e. The SMILES string of the molecule is CCCCOc1ccccc1-c1cc(C(=O)N2CCN(c3ccc(C)cc3C)CC2)[nH]n1. The van der Waals surface area contributed by atoms with Crippen LogP contribution in [0.15, 0.2) is 48.5 Å². The number of piperazine rings is 1. The predicted octanol–water partition coefficient (Wildman–Crippen LogP) is 4.83. The summed E-state index contributed by atoms with van der Waals surface area (Å²) in [7, 11) is 0. The molecule has 1 amide bonds. The molecule has 32 heavy (non-hydrogen) atoms. The van der Waals surface area contributed by atoms with Crippen LogP contribution in [0.3, 0.4) is 0 Å². The molecule has 0 atom stereocenters. The molecule has 1 aliphatic heterocycles. The maximum Gasteiger partial charge on any atom is 0.272 e. The number of aromatic amines is 1. The van der Waals surface area contributed by atoms with Crippen molar-refractivity contribution < 1.29 is 9.53 Å². The smallest absolute Gasteiger partial charge is 0.272 e. The molecule has 2 aromatic carbocycles. The Kier molecular flexibility index (Phi) is 6.78.